The van der Waals surface area contributed by atoms with Crippen molar-refractivity contribution in [2.75, 3.05) is 10.6 Å². The van der Waals surface area contributed by atoms with Crippen LogP contribution in [0, 0.1) is 0 Å². The highest BCUT2D eigenvalue weighted by molar-refractivity contribution is 6.31. The zero-order chi connectivity index (χ0) is 14.6. The minimum atomic E-state index is -0.0681. The van der Waals surface area contributed by atoms with Gasteiger partial charge >= 0.3 is 0 Å². The second-order valence-corrected chi connectivity index (χ2v) is 5.99. The highest BCUT2D eigenvalue weighted by Crippen LogP contribution is 2.17. The Morgan fingerprint density at radius 1 is 1.15 bits per heavy atom. The molecule has 2 rings (SSSR count). The SMILES string of the molecule is CC(C)(C)Nc1nccc(NCc2ccccc2Cl)n1. The van der Waals surface area contributed by atoms with E-state index in [1.54, 1.807) is 6.20 Å². The van der Waals surface area contributed by atoms with Crippen LogP contribution < -0.4 is 10.6 Å². The van der Waals surface area contributed by atoms with Crippen LogP contribution in [-0.4, -0.2) is 15.5 Å². The molecule has 1 heterocycles. The van der Waals surface area contributed by atoms with Gasteiger partial charge in [-0.15, -0.1) is 0 Å². The molecule has 5 heteroatoms. The Kier molecular flexibility index (Phi) is 4.45. The van der Waals surface area contributed by atoms with E-state index in [0.717, 1.165) is 16.4 Å². The summed E-state index contributed by atoms with van der Waals surface area (Å²) in [5.41, 5.74) is 0.972. The molecule has 0 unspecified atom stereocenters. The van der Waals surface area contributed by atoms with E-state index in [0.29, 0.717) is 12.5 Å². The monoisotopic (exact) mass is 290 g/mol. The van der Waals surface area contributed by atoms with Gasteiger partial charge in [0.15, 0.2) is 0 Å². The van der Waals surface area contributed by atoms with E-state index in [1.165, 1.54) is 0 Å². The maximum atomic E-state index is 6.12. The Morgan fingerprint density at radius 2 is 1.90 bits per heavy atom. The van der Waals surface area contributed by atoms with Crippen LogP contribution in [0.15, 0.2) is 36.5 Å². The van der Waals surface area contributed by atoms with Gasteiger partial charge in [0, 0.05) is 23.3 Å². The third-order valence-electron chi connectivity index (χ3n) is 2.56. The van der Waals surface area contributed by atoms with Crippen molar-refractivity contribution >= 4 is 23.4 Å². The summed E-state index contributed by atoms with van der Waals surface area (Å²) in [6.45, 7) is 6.84. The summed E-state index contributed by atoms with van der Waals surface area (Å²) in [7, 11) is 0. The van der Waals surface area contributed by atoms with Gasteiger partial charge in [-0.1, -0.05) is 29.8 Å². The van der Waals surface area contributed by atoms with Gasteiger partial charge in [0.25, 0.3) is 0 Å². The Hall–Kier alpha value is -1.81. The average Bonchev–Trinajstić information content (AvgIpc) is 2.36. The molecular weight excluding hydrogens is 272 g/mol. The molecule has 4 nitrogen and oxygen atoms in total. The lowest BCUT2D eigenvalue weighted by Crippen LogP contribution is -2.27. The lowest BCUT2D eigenvalue weighted by molar-refractivity contribution is 0.626. The first-order valence-corrected chi connectivity index (χ1v) is 6.90. The molecule has 0 radical (unpaired) electrons. The van der Waals surface area contributed by atoms with E-state index < -0.39 is 0 Å². The molecule has 0 spiro atoms. The lowest BCUT2D eigenvalue weighted by atomic mass is 10.1. The van der Waals surface area contributed by atoms with Crippen LogP contribution in [0.1, 0.15) is 26.3 Å². The molecule has 1 aromatic heterocycles. The Bertz CT molecular complexity index is 578. The molecule has 0 amide bonds. The predicted octanol–water partition coefficient (Wildman–Crippen LogP) is 3.95. The predicted molar refractivity (Wildman–Crippen MR) is 84.2 cm³/mol. The molecule has 20 heavy (non-hydrogen) atoms. The van der Waals surface area contributed by atoms with Crippen molar-refractivity contribution in [3.05, 3.63) is 47.1 Å². The minimum Gasteiger partial charge on any atom is -0.366 e. The van der Waals surface area contributed by atoms with Crippen molar-refractivity contribution < 1.29 is 0 Å². The van der Waals surface area contributed by atoms with E-state index in [1.807, 2.05) is 30.3 Å². The topological polar surface area (TPSA) is 49.8 Å². The van der Waals surface area contributed by atoms with Crippen LogP contribution in [0.3, 0.4) is 0 Å². The van der Waals surface area contributed by atoms with Crippen molar-refractivity contribution in [1.29, 1.82) is 0 Å². The summed E-state index contributed by atoms with van der Waals surface area (Å²) in [4.78, 5) is 8.64. The Balaban J connectivity index is 2.03. The van der Waals surface area contributed by atoms with E-state index in [-0.39, 0.29) is 5.54 Å². The van der Waals surface area contributed by atoms with Crippen LogP contribution >= 0.6 is 11.6 Å². The van der Waals surface area contributed by atoms with Crippen molar-refractivity contribution in [2.24, 2.45) is 0 Å². The normalized spacial score (nSPS) is 11.2. The highest BCUT2D eigenvalue weighted by Gasteiger charge is 2.11. The smallest absolute Gasteiger partial charge is 0.224 e. The van der Waals surface area contributed by atoms with E-state index in [4.69, 9.17) is 11.6 Å². The number of hydrogen-bond donors (Lipinski definition) is 2. The fraction of sp³-hybridized carbons (Fsp3) is 0.333. The maximum Gasteiger partial charge on any atom is 0.224 e. The third-order valence-corrected chi connectivity index (χ3v) is 2.93. The van der Waals surface area contributed by atoms with Gasteiger partial charge in [0.05, 0.1) is 0 Å². The lowest BCUT2D eigenvalue weighted by Gasteiger charge is -2.20. The van der Waals surface area contributed by atoms with E-state index >= 15 is 0 Å². The van der Waals surface area contributed by atoms with Crippen LogP contribution in [0.5, 0.6) is 0 Å². The summed E-state index contributed by atoms with van der Waals surface area (Å²) >= 11 is 6.12. The largest absolute Gasteiger partial charge is 0.366 e. The van der Waals surface area contributed by atoms with Crippen LogP contribution in [0.25, 0.3) is 0 Å². The van der Waals surface area contributed by atoms with Crippen molar-refractivity contribution in [3.63, 3.8) is 0 Å². The number of halogens is 1. The highest BCUT2D eigenvalue weighted by atomic mass is 35.5. The fourth-order valence-corrected chi connectivity index (χ4v) is 1.88. The van der Waals surface area contributed by atoms with Crippen LogP contribution in [0.2, 0.25) is 5.02 Å². The number of nitrogens with zero attached hydrogens (tertiary/aromatic N) is 2. The van der Waals surface area contributed by atoms with Gasteiger partial charge in [0.2, 0.25) is 5.95 Å². The Morgan fingerprint density at radius 3 is 2.60 bits per heavy atom. The van der Waals surface area contributed by atoms with E-state index in [2.05, 4.69) is 41.4 Å². The fourth-order valence-electron chi connectivity index (χ4n) is 1.68. The number of anilines is 2. The number of rotatable bonds is 4. The molecule has 0 aliphatic carbocycles. The van der Waals surface area contributed by atoms with Gasteiger partial charge < -0.3 is 10.6 Å². The zero-order valence-corrected chi connectivity index (χ0v) is 12.7. The molecule has 0 atom stereocenters. The number of benzene rings is 1. The molecule has 0 aliphatic heterocycles. The first-order chi connectivity index (χ1) is 9.44. The van der Waals surface area contributed by atoms with Crippen LogP contribution in [-0.2, 0) is 6.54 Å². The molecule has 2 aromatic rings. The first kappa shape index (κ1) is 14.6. The molecule has 0 fully saturated rings. The van der Waals surface area contributed by atoms with Gasteiger partial charge in [-0.05, 0) is 38.5 Å². The average molecular weight is 291 g/mol. The molecule has 0 bridgehead atoms. The molecule has 0 saturated heterocycles. The second kappa shape index (κ2) is 6.09. The van der Waals surface area contributed by atoms with Crippen molar-refractivity contribution in [2.45, 2.75) is 32.9 Å². The molecule has 0 saturated carbocycles. The molecule has 0 aliphatic rings. The summed E-state index contributed by atoms with van der Waals surface area (Å²) in [5, 5.41) is 7.25. The summed E-state index contributed by atoms with van der Waals surface area (Å²) in [6.07, 6.45) is 1.73. The van der Waals surface area contributed by atoms with Gasteiger partial charge in [0.1, 0.15) is 5.82 Å². The molecule has 106 valence electrons. The first-order valence-electron chi connectivity index (χ1n) is 6.52. The van der Waals surface area contributed by atoms with Gasteiger partial charge in [-0.25, -0.2) is 4.98 Å². The molecular formula is C15H19ClN4. The van der Waals surface area contributed by atoms with Crippen molar-refractivity contribution in [3.8, 4) is 0 Å². The third kappa shape index (κ3) is 4.38. The number of nitrogens with one attached hydrogen (secondary N) is 2. The Labute approximate surface area is 124 Å². The van der Waals surface area contributed by atoms with Crippen molar-refractivity contribution in [1.82, 2.24) is 9.97 Å². The molecule has 1 aromatic carbocycles. The van der Waals surface area contributed by atoms with E-state index in [9.17, 15) is 0 Å². The standard InChI is InChI=1S/C15H19ClN4/c1-15(2,3)20-14-17-9-8-13(19-14)18-10-11-6-4-5-7-12(11)16/h4-9H,10H2,1-3H3,(H2,17,18,19,20). The van der Waals surface area contributed by atoms with Crippen LogP contribution in [0.4, 0.5) is 11.8 Å². The van der Waals surface area contributed by atoms with Gasteiger partial charge in [-0.2, -0.15) is 4.98 Å². The quantitative estimate of drug-likeness (QED) is 0.895. The second-order valence-electron chi connectivity index (χ2n) is 5.59. The summed E-state index contributed by atoms with van der Waals surface area (Å²) in [6, 6.07) is 9.60. The zero-order valence-electron chi connectivity index (χ0n) is 11.9. The summed E-state index contributed by atoms with van der Waals surface area (Å²) < 4.78 is 0. The maximum absolute atomic E-state index is 6.12. The minimum absolute atomic E-state index is 0.0681. The molecule has 2 N–H and O–H groups in total. The summed E-state index contributed by atoms with van der Waals surface area (Å²) in [5.74, 6) is 1.38. The number of hydrogen-bond acceptors (Lipinski definition) is 4. The number of aromatic nitrogens is 2. The van der Waals surface area contributed by atoms with Gasteiger partial charge in [-0.3, -0.25) is 0 Å².